The van der Waals surface area contributed by atoms with Gasteiger partial charge in [-0.1, -0.05) is 32.4 Å². The lowest BCUT2D eigenvalue weighted by Crippen LogP contribution is -2.11. The van der Waals surface area contributed by atoms with E-state index in [1.807, 2.05) is 4.68 Å². The number of nitrogens with zero attached hydrogens (tertiary/aromatic N) is 3. The van der Waals surface area contributed by atoms with Crippen LogP contribution in [0, 0.1) is 5.92 Å². The molecule has 4 heteroatoms. The van der Waals surface area contributed by atoms with Crippen molar-refractivity contribution in [3.8, 4) is 0 Å². The van der Waals surface area contributed by atoms with E-state index >= 15 is 0 Å². The van der Waals surface area contributed by atoms with Crippen molar-refractivity contribution in [2.45, 2.75) is 33.2 Å². The van der Waals surface area contributed by atoms with Crippen LogP contribution >= 0.6 is 0 Å². The Balaban J connectivity index is 1.84. The van der Waals surface area contributed by atoms with E-state index in [0.29, 0.717) is 0 Å². The first-order valence-electron chi connectivity index (χ1n) is 6.93. The van der Waals surface area contributed by atoms with Crippen LogP contribution < -0.4 is 5.32 Å². The van der Waals surface area contributed by atoms with Crippen molar-refractivity contribution in [2.24, 2.45) is 5.92 Å². The molecule has 0 spiro atoms. The molecular formula is C15H22N4. The molecule has 0 aliphatic heterocycles. The van der Waals surface area contributed by atoms with Gasteiger partial charge in [0.2, 0.25) is 0 Å². The van der Waals surface area contributed by atoms with E-state index in [4.69, 9.17) is 0 Å². The summed E-state index contributed by atoms with van der Waals surface area (Å²) in [7, 11) is 0. The molecule has 1 atom stereocenters. The van der Waals surface area contributed by atoms with E-state index in [1.165, 1.54) is 24.1 Å². The molecule has 0 fully saturated rings. The van der Waals surface area contributed by atoms with Crippen LogP contribution in [0.4, 0.5) is 5.69 Å². The molecule has 1 aromatic heterocycles. The molecule has 1 aromatic carbocycles. The molecule has 0 amide bonds. The quantitative estimate of drug-likeness (QED) is 0.829. The summed E-state index contributed by atoms with van der Waals surface area (Å²) in [6, 6.07) is 8.53. The van der Waals surface area contributed by atoms with Crippen LogP contribution in [-0.2, 0) is 6.54 Å². The molecule has 2 aromatic rings. The van der Waals surface area contributed by atoms with Crippen molar-refractivity contribution in [2.75, 3.05) is 11.9 Å². The summed E-state index contributed by atoms with van der Waals surface area (Å²) in [5, 5.41) is 7.58. The van der Waals surface area contributed by atoms with Crippen molar-refractivity contribution in [1.29, 1.82) is 0 Å². The number of rotatable bonds is 7. The van der Waals surface area contributed by atoms with Crippen molar-refractivity contribution in [3.05, 3.63) is 42.5 Å². The van der Waals surface area contributed by atoms with E-state index < -0.39 is 0 Å². The number of nitrogens with one attached hydrogen (secondary N) is 1. The van der Waals surface area contributed by atoms with Gasteiger partial charge in [-0.05, 0) is 30.0 Å². The fraction of sp³-hybridized carbons (Fsp3) is 0.467. The largest absolute Gasteiger partial charge is 0.385 e. The van der Waals surface area contributed by atoms with Crippen LogP contribution in [-0.4, -0.2) is 21.3 Å². The zero-order chi connectivity index (χ0) is 13.5. The second-order valence-corrected chi connectivity index (χ2v) is 5.06. The first-order valence-corrected chi connectivity index (χ1v) is 6.93. The number of benzene rings is 1. The monoisotopic (exact) mass is 258 g/mol. The molecule has 4 nitrogen and oxygen atoms in total. The van der Waals surface area contributed by atoms with Crippen LogP contribution in [0.3, 0.4) is 0 Å². The topological polar surface area (TPSA) is 42.7 Å². The van der Waals surface area contributed by atoms with E-state index in [2.05, 4.69) is 53.5 Å². The Morgan fingerprint density at radius 3 is 2.68 bits per heavy atom. The molecule has 2 rings (SSSR count). The Morgan fingerprint density at radius 1 is 1.26 bits per heavy atom. The van der Waals surface area contributed by atoms with Crippen molar-refractivity contribution < 1.29 is 0 Å². The predicted octanol–water partition coefficient (Wildman–Crippen LogP) is 3.17. The van der Waals surface area contributed by atoms with Gasteiger partial charge in [-0.15, -0.1) is 0 Å². The predicted molar refractivity (Wildman–Crippen MR) is 78.1 cm³/mol. The molecule has 0 bridgehead atoms. The second-order valence-electron chi connectivity index (χ2n) is 5.06. The SMILES string of the molecule is CCCC(C)CNc1ccc(Cn2cncn2)cc1. The van der Waals surface area contributed by atoms with Gasteiger partial charge in [-0.3, -0.25) is 0 Å². The third-order valence-corrected chi connectivity index (χ3v) is 3.20. The molecule has 0 aliphatic rings. The summed E-state index contributed by atoms with van der Waals surface area (Å²) < 4.78 is 1.83. The highest BCUT2D eigenvalue weighted by molar-refractivity contribution is 5.44. The minimum absolute atomic E-state index is 0.722. The standard InChI is InChI=1S/C15H22N4/c1-3-4-13(2)9-17-15-7-5-14(6-8-15)10-19-12-16-11-18-19/h5-8,11-13,17H,3-4,9-10H2,1-2H3. The fourth-order valence-corrected chi connectivity index (χ4v) is 2.12. The minimum atomic E-state index is 0.722. The number of hydrogen-bond donors (Lipinski definition) is 1. The number of anilines is 1. The van der Waals surface area contributed by atoms with Crippen LogP contribution in [0.15, 0.2) is 36.9 Å². The van der Waals surface area contributed by atoms with E-state index in [-0.39, 0.29) is 0 Å². The maximum Gasteiger partial charge on any atom is 0.137 e. The lowest BCUT2D eigenvalue weighted by atomic mass is 10.1. The van der Waals surface area contributed by atoms with Crippen LogP contribution in [0.2, 0.25) is 0 Å². The van der Waals surface area contributed by atoms with Gasteiger partial charge in [0.25, 0.3) is 0 Å². The molecule has 1 unspecified atom stereocenters. The normalized spacial score (nSPS) is 12.3. The molecule has 1 heterocycles. The van der Waals surface area contributed by atoms with Gasteiger partial charge in [-0.25, -0.2) is 9.67 Å². The Kier molecular flexibility index (Phi) is 4.95. The number of hydrogen-bond acceptors (Lipinski definition) is 3. The van der Waals surface area contributed by atoms with Crippen molar-refractivity contribution in [3.63, 3.8) is 0 Å². The minimum Gasteiger partial charge on any atom is -0.385 e. The van der Waals surface area contributed by atoms with Crippen LogP contribution in [0.1, 0.15) is 32.3 Å². The molecule has 0 aliphatic carbocycles. The van der Waals surface area contributed by atoms with Crippen LogP contribution in [0.25, 0.3) is 0 Å². The van der Waals surface area contributed by atoms with Gasteiger partial charge in [0.1, 0.15) is 12.7 Å². The first kappa shape index (κ1) is 13.6. The summed E-state index contributed by atoms with van der Waals surface area (Å²) in [4.78, 5) is 3.94. The van der Waals surface area contributed by atoms with Gasteiger partial charge in [0.15, 0.2) is 0 Å². The molecule has 1 N–H and O–H groups in total. The van der Waals surface area contributed by atoms with Gasteiger partial charge in [-0.2, -0.15) is 5.10 Å². The highest BCUT2D eigenvalue weighted by Gasteiger charge is 2.01. The summed E-state index contributed by atoms with van der Waals surface area (Å²) >= 11 is 0. The molecule has 0 saturated carbocycles. The molecule has 0 saturated heterocycles. The average molecular weight is 258 g/mol. The zero-order valence-corrected chi connectivity index (χ0v) is 11.7. The van der Waals surface area contributed by atoms with Crippen molar-refractivity contribution >= 4 is 5.69 Å². The fourth-order valence-electron chi connectivity index (χ4n) is 2.12. The highest BCUT2D eigenvalue weighted by atomic mass is 15.3. The zero-order valence-electron chi connectivity index (χ0n) is 11.7. The second kappa shape index (κ2) is 6.92. The Hall–Kier alpha value is -1.84. The Morgan fingerprint density at radius 2 is 2.05 bits per heavy atom. The van der Waals surface area contributed by atoms with Crippen LogP contribution in [0.5, 0.6) is 0 Å². The van der Waals surface area contributed by atoms with E-state index in [1.54, 1.807) is 12.7 Å². The molecule has 19 heavy (non-hydrogen) atoms. The van der Waals surface area contributed by atoms with Gasteiger partial charge >= 0.3 is 0 Å². The smallest absolute Gasteiger partial charge is 0.137 e. The maximum absolute atomic E-state index is 4.10. The summed E-state index contributed by atoms with van der Waals surface area (Å²) in [6.45, 7) is 6.33. The summed E-state index contributed by atoms with van der Waals surface area (Å²) in [5.74, 6) is 0.722. The van der Waals surface area contributed by atoms with Crippen molar-refractivity contribution in [1.82, 2.24) is 14.8 Å². The Bertz CT molecular complexity index is 461. The number of aromatic nitrogens is 3. The molecular weight excluding hydrogens is 236 g/mol. The third-order valence-electron chi connectivity index (χ3n) is 3.20. The van der Waals surface area contributed by atoms with E-state index in [9.17, 15) is 0 Å². The summed E-state index contributed by atoms with van der Waals surface area (Å²) in [6.07, 6.45) is 5.82. The van der Waals surface area contributed by atoms with Gasteiger partial charge < -0.3 is 5.32 Å². The molecule has 0 radical (unpaired) electrons. The average Bonchev–Trinajstić information content (AvgIpc) is 2.91. The lowest BCUT2D eigenvalue weighted by molar-refractivity contribution is 0.551. The molecule has 102 valence electrons. The summed E-state index contributed by atoms with van der Waals surface area (Å²) in [5.41, 5.74) is 2.42. The maximum atomic E-state index is 4.10. The van der Waals surface area contributed by atoms with E-state index in [0.717, 1.165) is 19.0 Å². The van der Waals surface area contributed by atoms with Gasteiger partial charge in [0, 0.05) is 12.2 Å². The lowest BCUT2D eigenvalue weighted by Gasteiger charge is -2.12. The highest BCUT2D eigenvalue weighted by Crippen LogP contribution is 2.12. The third kappa shape index (κ3) is 4.39. The first-order chi connectivity index (χ1) is 9.28. The van der Waals surface area contributed by atoms with Gasteiger partial charge in [0.05, 0.1) is 6.54 Å². The Labute approximate surface area is 114 Å².